The van der Waals surface area contributed by atoms with Gasteiger partial charge in [-0.1, -0.05) is 140 Å². The molecule has 0 amide bonds. The number of aromatic nitrogens is 3. The average Bonchev–Trinajstić information content (AvgIpc) is 3.69. The lowest BCUT2D eigenvalue weighted by Gasteiger charge is -2.19. The maximum atomic E-state index is 6.82. The predicted molar refractivity (Wildman–Crippen MR) is 218 cm³/mol. The number of furan rings is 1. The van der Waals surface area contributed by atoms with Gasteiger partial charge in [-0.25, -0.2) is 15.0 Å². The van der Waals surface area contributed by atoms with Crippen LogP contribution in [0.15, 0.2) is 156 Å². The second-order valence-corrected chi connectivity index (χ2v) is 18.7. The van der Waals surface area contributed by atoms with Crippen molar-refractivity contribution in [1.82, 2.24) is 15.0 Å². The second-order valence-electron chi connectivity index (χ2n) is 14.4. The number of para-hydroxylation sites is 1. The first-order chi connectivity index (χ1) is 25.5. The van der Waals surface area contributed by atoms with Crippen molar-refractivity contribution in [3.63, 3.8) is 0 Å². The second kappa shape index (κ2) is 10.8. The van der Waals surface area contributed by atoms with Gasteiger partial charge in [0.15, 0.2) is 17.5 Å². The Morgan fingerprint density at radius 1 is 0.442 bits per heavy atom. The molecule has 1 aliphatic heterocycles. The summed E-state index contributed by atoms with van der Waals surface area (Å²) in [6.07, 6.45) is 0. The normalized spacial score (nSPS) is 13.3. The third-order valence-corrected chi connectivity index (χ3v) is 14.6. The van der Waals surface area contributed by atoms with Crippen LogP contribution in [0.5, 0.6) is 0 Å². The summed E-state index contributed by atoms with van der Waals surface area (Å²) >= 11 is 0. The van der Waals surface area contributed by atoms with Gasteiger partial charge in [-0.3, -0.25) is 0 Å². The zero-order valence-corrected chi connectivity index (χ0v) is 29.7. The number of hydrogen-bond donors (Lipinski definition) is 0. The van der Waals surface area contributed by atoms with Gasteiger partial charge in [0.2, 0.25) is 0 Å². The summed E-state index contributed by atoms with van der Waals surface area (Å²) in [7, 11) is -2.08. The molecule has 0 aliphatic carbocycles. The average molecular weight is 682 g/mol. The number of nitrogens with zero attached hydrogens (tertiary/aromatic N) is 3. The van der Waals surface area contributed by atoms with E-state index in [0.717, 1.165) is 49.4 Å². The molecular weight excluding hydrogens is 651 g/mol. The molecule has 0 atom stereocenters. The van der Waals surface area contributed by atoms with Gasteiger partial charge >= 0.3 is 0 Å². The van der Waals surface area contributed by atoms with Crippen molar-refractivity contribution in [3.8, 4) is 45.3 Å². The molecule has 8 aromatic carbocycles. The van der Waals surface area contributed by atoms with Gasteiger partial charge in [0.1, 0.15) is 19.2 Å². The van der Waals surface area contributed by atoms with Crippen molar-refractivity contribution in [3.05, 3.63) is 152 Å². The molecule has 1 aliphatic rings. The monoisotopic (exact) mass is 681 g/mol. The highest BCUT2D eigenvalue weighted by molar-refractivity contribution is 7.04. The van der Waals surface area contributed by atoms with Crippen molar-refractivity contribution < 1.29 is 4.42 Å². The van der Waals surface area contributed by atoms with Gasteiger partial charge in [0, 0.05) is 33.0 Å². The van der Waals surface area contributed by atoms with E-state index in [4.69, 9.17) is 19.4 Å². The number of hydrogen-bond acceptors (Lipinski definition) is 4. The van der Waals surface area contributed by atoms with E-state index in [1.165, 1.54) is 43.0 Å². The quantitative estimate of drug-likeness (QED) is 0.138. The summed E-state index contributed by atoms with van der Waals surface area (Å²) in [5.41, 5.74) is 7.14. The van der Waals surface area contributed by atoms with Gasteiger partial charge in [-0.05, 0) is 72.5 Å². The lowest BCUT2D eigenvalue weighted by atomic mass is 9.98. The van der Waals surface area contributed by atoms with E-state index in [1.54, 1.807) is 0 Å². The van der Waals surface area contributed by atoms with Gasteiger partial charge in [-0.2, -0.15) is 0 Å². The largest absolute Gasteiger partial charge is 0.455 e. The lowest BCUT2D eigenvalue weighted by molar-refractivity contribution is 0.670. The van der Waals surface area contributed by atoms with E-state index >= 15 is 0 Å². The Morgan fingerprint density at radius 3 is 1.88 bits per heavy atom. The summed E-state index contributed by atoms with van der Waals surface area (Å²) in [5, 5.41) is 12.0. The SMILES string of the molecule is C[Si]1(C)c2ccccc2-c2c1cc(-c1nc(-c3ccc4ccccc4c3)nc(-c3ccc4c(ccc5ccccc54)c3)n1)c1c2oc2ccccc21. The van der Waals surface area contributed by atoms with Crippen molar-refractivity contribution in [2.24, 2.45) is 0 Å². The van der Waals surface area contributed by atoms with E-state index in [1.807, 2.05) is 6.07 Å². The van der Waals surface area contributed by atoms with E-state index in [0.29, 0.717) is 17.5 Å². The summed E-state index contributed by atoms with van der Waals surface area (Å²) in [4.78, 5) is 15.9. The highest BCUT2D eigenvalue weighted by Crippen LogP contribution is 2.43. The maximum Gasteiger partial charge on any atom is 0.164 e. The summed E-state index contributed by atoms with van der Waals surface area (Å²) < 4.78 is 6.82. The number of rotatable bonds is 3. The molecule has 4 nitrogen and oxygen atoms in total. The zero-order chi connectivity index (χ0) is 34.6. The van der Waals surface area contributed by atoms with Crippen LogP contribution in [-0.4, -0.2) is 23.0 Å². The van der Waals surface area contributed by atoms with Crippen molar-refractivity contribution in [1.29, 1.82) is 0 Å². The van der Waals surface area contributed by atoms with Crippen LogP contribution in [0, 0.1) is 0 Å². The molecule has 0 N–H and O–H groups in total. The van der Waals surface area contributed by atoms with Crippen molar-refractivity contribution in [2.75, 3.05) is 0 Å². The standard InChI is InChI=1S/C47H31N3OSi/c1-52(2)40-18-10-8-16-37(40)43-41(52)27-38(42-36-15-7-9-17-39(36)51-44(42)43)47-49-45(32-22-19-28-11-3-4-13-30(28)25-32)48-46(50-47)33-23-24-35-31(26-33)21-20-29-12-5-6-14-34(29)35/h3-27H,1-2H3. The molecule has 3 heterocycles. The van der Waals surface area contributed by atoms with Crippen LogP contribution in [0.25, 0.3) is 99.5 Å². The first-order valence-electron chi connectivity index (χ1n) is 17.8. The van der Waals surface area contributed by atoms with E-state index in [9.17, 15) is 0 Å². The van der Waals surface area contributed by atoms with Crippen LogP contribution in [0.1, 0.15) is 0 Å². The van der Waals surface area contributed by atoms with Crippen LogP contribution in [0.4, 0.5) is 0 Å². The fourth-order valence-electron chi connectivity index (χ4n) is 8.46. The van der Waals surface area contributed by atoms with Crippen LogP contribution in [0.2, 0.25) is 13.1 Å². The van der Waals surface area contributed by atoms with Crippen LogP contribution >= 0.6 is 0 Å². The van der Waals surface area contributed by atoms with E-state index in [-0.39, 0.29) is 0 Å². The van der Waals surface area contributed by atoms with Gasteiger partial charge in [-0.15, -0.1) is 0 Å². The third kappa shape index (κ3) is 4.23. The minimum absolute atomic E-state index is 0.643. The fourth-order valence-corrected chi connectivity index (χ4v) is 11.5. The maximum absolute atomic E-state index is 6.82. The Balaban J connectivity index is 1.21. The Kier molecular flexibility index (Phi) is 6.08. The van der Waals surface area contributed by atoms with Crippen molar-refractivity contribution >= 4 is 72.7 Å². The van der Waals surface area contributed by atoms with Crippen LogP contribution < -0.4 is 10.4 Å². The molecule has 0 spiro atoms. The molecule has 0 saturated heterocycles. The Hall–Kier alpha value is -6.43. The summed E-state index contributed by atoms with van der Waals surface area (Å²) in [6.45, 7) is 4.88. The molecule has 0 fully saturated rings. The summed E-state index contributed by atoms with van der Waals surface area (Å²) in [5.74, 6) is 1.93. The van der Waals surface area contributed by atoms with Crippen molar-refractivity contribution in [2.45, 2.75) is 13.1 Å². The third-order valence-electron chi connectivity index (χ3n) is 11.1. The first kappa shape index (κ1) is 29.3. The summed E-state index contributed by atoms with van der Waals surface area (Å²) in [6, 6.07) is 53.9. The first-order valence-corrected chi connectivity index (χ1v) is 20.8. The molecule has 10 aromatic rings. The highest BCUT2D eigenvalue weighted by atomic mass is 28.3. The molecule has 0 bridgehead atoms. The smallest absolute Gasteiger partial charge is 0.164 e. The molecule has 52 heavy (non-hydrogen) atoms. The molecule has 2 aromatic heterocycles. The molecular formula is C47H31N3OSi. The lowest BCUT2D eigenvalue weighted by Crippen LogP contribution is -2.49. The molecule has 244 valence electrons. The molecule has 11 rings (SSSR count). The van der Waals surface area contributed by atoms with Crippen LogP contribution in [-0.2, 0) is 0 Å². The van der Waals surface area contributed by atoms with Gasteiger partial charge in [0.05, 0.1) is 0 Å². The van der Waals surface area contributed by atoms with E-state index < -0.39 is 8.07 Å². The van der Waals surface area contributed by atoms with Crippen LogP contribution in [0.3, 0.4) is 0 Å². The highest BCUT2D eigenvalue weighted by Gasteiger charge is 2.40. The Morgan fingerprint density at radius 2 is 1.04 bits per heavy atom. The predicted octanol–water partition coefficient (Wildman–Crippen LogP) is 11.0. The Bertz CT molecular complexity index is 3120. The van der Waals surface area contributed by atoms with E-state index in [2.05, 4.69) is 159 Å². The molecule has 0 radical (unpaired) electrons. The van der Waals surface area contributed by atoms with Gasteiger partial charge < -0.3 is 4.42 Å². The molecule has 0 unspecified atom stereocenters. The fraction of sp³-hybridized carbons (Fsp3) is 0.0426. The topological polar surface area (TPSA) is 51.8 Å². The number of fused-ring (bicyclic) bond motifs is 11. The number of benzene rings is 8. The molecule has 0 saturated carbocycles. The minimum Gasteiger partial charge on any atom is -0.455 e. The minimum atomic E-state index is -2.08. The molecule has 5 heteroatoms. The Labute approximate surface area is 301 Å². The zero-order valence-electron chi connectivity index (χ0n) is 28.7. The van der Waals surface area contributed by atoms with Gasteiger partial charge in [0.25, 0.3) is 0 Å².